The van der Waals surface area contributed by atoms with Gasteiger partial charge in [0.25, 0.3) is 23.6 Å². The number of rotatable bonds is 46. The molecule has 16 rings (SSSR count). The number of carbonyl (C=O) groups is 13. The molecule has 0 spiro atoms. The maximum absolute atomic E-state index is 12.9. The zero-order chi connectivity index (χ0) is 104. The summed E-state index contributed by atoms with van der Waals surface area (Å²) in [6, 6.07) is 41.9. The molecule has 4 aromatic carbocycles. The van der Waals surface area contributed by atoms with Gasteiger partial charge in [0.05, 0.1) is 5.56 Å². The van der Waals surface area contributed by atoms with Gasteiger partial charge in [-0.1, -0.05) is 104 Å². The second kappa shape index (κ2) is 54.6. The molecule has 0 saturated heterocycles. The maximum Gasteiger partial charge on any atom is 0.326 e. The standard InChI is InChI=1S/C28H33N5O5.C28H35N5O4.2C27H33N5O4/c1-17(34)25-20-7-3-4-8-22(20)32-26(25)27(36)33-23(28(37)38)13-15-30-24(35)9-5-2-6-19-11-10-18-16-29-14-12-21(18)31-19;1-2-20-21-8-4-5-9-23(21)32-26(20)27(35)33-24(28(36)37)14-16-30-25(34)10-6-3-7-19-12-11-18-17-29-15-13-22(18)31-19;2*1-17-20-7-3-4-8-22(20)31-25(17)26(34)32-23(27(35)36)13-15-29-24(33)9-5-2-6-19-11-10-18-16-28-14-12-21(18)30-19/h3-4,7-8,10-11,23,29,32H,2,5-6,9,12-16H2,1H3,(H,30,35)(H,33,36)(H,37,38);4-5,8-9,11-12,24,29,32H,2-3,6-7,10,13-17H2,1H3,(H,30,34)(H,33,35)(H,36,37);2*3-4,7-8,10-11,23,28,31H,2,5-6,9,12-16H2,1H3,(H,29,33)(H,32,34)(H,35,36). The van der Waals surface area contributed by atoms with Gasteiger partial charge >= 0.3 is 23.9 Å². The number of Topliss-reactive ketones (excluding diaryl/α,β-unsaturated/α-hetero) is 1. The van der Waals surface area contributed by atoms with E-state index in [-0.39, 0.29) is 92.5 Å². The number of aromatic amines is 4. The maximum atomic E-state index is 12.9. The Hall–Kier alpha value is -15.2. The second-order valence-electron chi connectivity index (χ2n) is 37.4. The van der Waals surface area contributed by atoms with Crippen LogP contribution in [0.15, 0.2) is 146 Å². The van der Waals surface area contributed by atoms with Crippen LogP contribution in [0, 0.1) is 13.8 Å². The zero-order valence-corrected chi connectivity index (χ0v) is 83.7. The van der Waals surface area contributed by atoms with E-state index in [1.54, 1.807) is 24.3 Å². The first kappa shape index (κ1) is 109. The average Bonchev–Trinajstić information content (AvgIpc) is 1.72. The summed E-state index contributed by atoms with van der Waals surface area (Å²) in [5.74, 6) is -7.57. The summed E-state index contributed by atoms with van der Waals surface area (Å²) in [6.07, 6.45) is 15.7. The third-order valence-corrected chi connectivity index (χ3v) is 26.8. The van der Waals surface area contributed by atoms with Crippen molar-refractivity contribution in [1.29, 1.82) is 0 Å². The molecule has 37 nitrogen and oxygen atoms in total. The summed E-state index contributed by atoms with van der Waals surface area (Å²) >= 11 is 0. The van der Waals surface area contributed by atoms with Gasteiger partial charge in [-0.05, 0) is 217 Å². The van der Waals surface area contributed by atoms with Gasteiger partial charge < -0.3 is 104 Å². The van der Waals surface area contributed by atoms with E-state index in [1.807, 2.05) is 99.6 Å². The number of pyridine rings is 4. The highest BCUT2D eigenvalue weighted by atomic mass is 16.4. The molecule has 20 N–H and O–H groups in total. The summed E-state index contributed by atoms with van der Waals surface area (Å²) in [7, 11) is 0. The fraction of sp³-hybridized carbons (Fsp3) is 0.409. The Morgan fingerprint density at radius 2 is 0.578 bits per heavy atom. The van der Waals surface area contributed by atoms with Crippen LogP contribution in [0.3, 0.4) is 0 Å². The number of ketones is 1. The number of unbranched alkanes of at least 4 members (excludes halogenated alkanes) is 4. The number of carboxylic acids is 4. The van der Waals surface area contributed by atoms with E-state index in [1.165, 1.54) is 46.3 Å². The Labute approximate surface area is 851 Å². The number of nitrogens with zero attached hydrogens (tertiary/aromatic N) is 4. The molecule has 0 radical (unpaired) electrons. The van der Waals surface area contributed by atoms with Crippen LogP contribution in [-0.4, -0.2) is 214 Å². The van der Waals surface area contributed by atoms with E-state index >= 15 is 0 Å². The number of H-pyrrole nitrogens is 4. The van der Waals surface area contributed by atoms with E-state index in [0.717, 1.165) is 227 Å². The van der Waals surface area contributed by atoms with Gasteiger partial charge in [-0.2, -0.15) is 0 Å². The minimum absolute atomic E-state index is 0.0103. The number of para-hydroxylation sites is 4. The number of aromatic nitrogens is 8. The smallest absolute Gasteiger partial charge is 0.326 e. The molecule has 4 aliphatic rings. The van der Waals surface area contributed by atoms with Crippen LogP contribution in [0.5, 0.6) is 0 Å². The number of fused-ring (bicyclic) bond motifs is 8. The Morgan fingerprint density at radius 1 is 0.320 bits per heavy atom. The molecule has 37 heteroatoms. The van der Waals surface area contributed by atoms with Crippen molar-refractivity contribution in [2.75, 3.05) is 52.4 Å². The molecule has 12 aromatic rings. The Morgan fingerprint density at radius 3 is 0.871 bits per heavy atom. The van der Waals surface area contributed by atoms with E-state index in [0.29, 0.717) is 66.5 Å². The zero-order valence-electron chi connectivity index (χ0n) is 83.7. The average molecular weight is 2010 g/mol. The molecular formula is C110H134N20O17. The molecule has 8 amide bonds. The van der Waals surface area contributed by atoms with Crippen LogP contribution in [0.25, 0.3) is 43.6 Å². The highest BCUT2D eigenvalue weighted by Crippen LogP contribution is 2.29. The summed E-state index contributed by atoms with van der Waals surface area (Å²) in [4.78, 5) is 190. The number of hydrogen-bond donors (Lipinski definition) is 20. The molecule has 776 valence electrons. The number of benzene rings is 4. The molecule has 0 fully saturated rings. The molecule has 12 heterocycles. The number of aryl methyl sites for hydroxylation is 7. The van der Waals surface area contributed by atoms with Gasteiger partial charge in [-0.3, -0.25) is 63.1 Å². The predicted octanol–water partition coefficient (Wildman–Crippen LogP) is 10.6. The first-order valence-corrected chi connectivity index (χ1v) is 50.9. The van der Waals surface area contributed by atoms with Crippen LogP contribution in [-0.2, 0) is 122 Å². The molecule has 0 saturated carbocycles. The summed E-state index contributed by atoms with van der Waals surface area (Å²) < 4.78 is 0. The minimum atomic E-state index is -1.22. The van der Waals surface area contributed by atoms with Crippen molar-refractivity contribution in [1.82, 2.24) is 104 Å². The molecule has 0 aliphatic carbocycles. The second-order valence-corrected chi connectivity index (χ2v) is 37.4. The lowest BCUT2D eigenvalue weighted by molar-refractivity contribution is -0.140. The first-order chi connectivity index (χ1) is 71.1. The van der Waals surface area contributed by atoms with Gasteiger partial charge in [-0.15, -0.1) is 0 Å². The Bertz CT molecular complexity index is 6500. The topological polar surface area (TPSA) is 562 Å². The lowest BCUT2D eigenvalue weighted by Gasteiger charge is -2.16. The van der Waals surface area contributed by atoms with Crippen LogP contribution >= 0.6 is 0 Å². The quantitative estimate of drug-likeness (QED) is 0.0124. The van der Waals surface area contributed by atoms with Gasteiger partial charge in [0.15, 0.2) is 5.78 Å². The SMILES string of the molecule is CC(=O)c1c(C(=O)NC(CCNC(=O)CCCCc2ccc3c(n2)CCNC3)C(=O)O)[nH]c2ccccc12.CCc1c(C(=O)NC(CCNC(=O)CCCCc2ccc3c(n2)CCNC3)C(=O)O)[nH]c2ccccc12.Cc1c(C(=O)NC(CCNC(=O)CCCCc2ccc3c(n2)CCNC3)C(=O)O)[nH]c2ccccc12.Cc1c(C(=O)NC(CCNC(=O)CCCCc2ccc3c(n2)CCNC3)C(=O)O)[nH]c2ccccc12. The molecule has 0 bridgehead atoms. The van der Waals surface area contributed by atoms with Gasteiger partial charge in [0.2, 0.25) is 23.6 Å². The summed E-state index contributed by atoms with van der Waals surface area (Å²) in [5.41, 5.74) is 20.7. The minimum Gasteiger partial charge on any atom is -0.480 e. The van der Waals surface area contributed by atoms with Crippen LogP contribution in [0.2, 0.25) is 0 Å². The fourth-order valence-electron chi connectivity index (χ4n) is 18.6. The van der Waals surface area contributed by atoms with E-state index < -0.39 is 71.7 Å². The predicted molar refractivity (Wildman–Crippen MR) is 557 cm³/mol. The van der Waals surface area contributed by atoms with E-state index in [2.05, 4.69) is 126 Å². The third-order valence-electron chi connectivity index (χ3n) is 26.8. The highest BCUT2D eigenvalue weighted by Gasteiger charge is 2.31. The molecule has 8 aromatic heterocycles. The van der Waals surface area contributed by atoms with Crippen molar-refractivity contribution in [2.24, 2.45) is 0 Å². The van der Waals surface area contributed by atoms with Crippen molar-refractivity contribution >= 4 is 121 Å². The highest BCUT2D eigenvalue weighted by molar-refractivity contribution is 6.16. The monoisotopic (exact) mass is 2010 g/mol. The van der Waals surface area contributed by atoms with Crippen molar-refractivity contribution in [3.05, 3.63) is 258 Å². The number of nitrogens with one attached hydrogen (secondary N) is 16. The number of carbonyl (C=O) groups excluding carboxylic acids is 9. The van der Waals surface area contributed by atoms with Crippen molar-refractivity contribution in [2.45, 2.75) is 239 Å². The molecular weight excluding hydrogens is 1870 g/mol. The number of hydrogen-bond acceptors (Lipinski definition) is 21. The van der Waals surface area contributed by atoms with Gasteiger partial charge in [-0.25, -0.2) is 19.2 Å². The van der Waals surface area contributed by atoms with Gasteiger partial charge in [0, 0.05) is 219 Å². The summed E-state index contributed by atoms with van der Waals surface area (Å²) in [6.45, 7) is 14.9. The lowest BCUT2D eigenvalue weighted by atomic mass is 10.0. The Balaban J connectivity index is 0.000000164. The molecule has 4 aliphatic heterocycles. The number of aliphatic carboxylic acids is 4. The molecule has 147 heavy (non-hydrogen) atoms. The van der Waals surface area contributed by atoms with Crippen LogP contribution < -0.4 is 63.8 Å². The normalized spacial score (nSPS) is 13.6. The van der Waals surface area contributed by atoms with E-state index in [9.17, 15) is 82.8 Å². The molecule has 4 unspecified atom stereocenters. The Kier molecular flexibility index (Phi) is 40.5. The van der Waals surface area contributed by atoms with Crippen molar-refractivity contribution in [3.8, 4) is 0 Å². The largest absolute Gasteiger partial charge is 0.480 e. The van der Waals surface area contributed by atoms with Crippen LogP contribution in [0.4, 0.5) is 0 Å². The van der Waals surface area contributed by atoms with Gasteiger partial charge in [0.1, 0.15) is 46.9 Å². The summed E-state index contributed by atoms with van der Waals surface area (Å²) in [5, 5.41) is 76.3. The van der Waals surface area contributed by atoms with E-state index in [4.69, 9.17) is 19.9 Å². The van der Waals surface area contributed by atoms with Crippen molar-refractivity contribution in [3.63, 3.8) is 0 Å². The third kappa shape index (κ3) is 31.4. The molecule has 4 atom stereocenters. The lowest BCUT2D eigenvalue weighted by Crippen LogP contribution is -2.43. The number of carboxylic acid groups (broad SMARTS) is 4. The fourth-order valence-corrected chi connectivity index (χ4v) is 18.6. The van der Waals surface area contributed by atoms with Crippen LogP contribution in [0.1, 0.15) is 253 Å². The van der Waals surface area contributed by atoms with Crippen molar-refractivity contribution < 1.29 is 82.8 Å². The number of amides is 8. The first-order valence-electron chi connectivity index (χ1n) is 50.9.